The molecule has 0 amide bonds. The van der Waals surface area contributed by atoms with Crippen molar-refractivity contribution in [2.45, 2.75) is 33.2 Å². The summed E-state index contributed by atoms with van der Waals surface area (Å²) in [6.45, 7) is 6.75. The number of nitrogens with one attached hydrogen (secondary N) is 1. The number of hydrogen-bond acceptors (Lipinski definition) is 5. The van der Waals surface area contributed by atoms with Crippen molar-refractivity contribution >= 4 is 22.6 Å². The maximum atomic E-state index is 12.0. The van der Waals surface area contributed by atoms with Crippen LogP contribution in [-0.4, -0.2) is 13.1 Å². The Morgan fingerprint density at radius 2 is 1.96 bits per heavy atom. The highest BCUT2D eigenvalue weighted by Gasteiger charge is 2.12. The lowest BCUT2D eigenvalue weighted by atomic mass is 9.95. The molecule has 0 radical (unpaired) electrons. The van der Waals surface area contributed by atoms with Crippen LogP contribution in [0.5, 0.6) is 0 Å². The van der Waals surface area contributed by atoms with E-state index in [0.29, 0.717) is 23.6 Å². The summed E-state index contributed by atoms with van der Waals surface area (Å²) in [5.41, 5.74) is 4.64. The Morgan fingerprint density at radius 1 is 1.19 bits per heavy atom. The third-order valence-electron chi connectivity index (χ3n) is 4.61. The summed E-state index contributed by atoms with van der Waals surface area (Å²) in [5, 5.41) is 4.19. The smallest absolute Gasteiger partial charge is 0.337 e. The predicted octanol–water partition coefficient (Wildman–Crippen LogP) is 4.62. The van der Waals surface area contributed by atoms with E-state index in [4.69, 9.17) is 9.15 Å². The van der Waals surface area contributed by atoms with E-state index in [1.165, 1.54) is 18.7 Å². The van der Waals surface area contributed by atoms with E-state index in [1.807, 2.05) is 19.1 Å². The van der Waals surface area contributed by atoms with E-state index in [0.717, 1.165) is 22.2 Å². The molecule has 0 aliphatic carbocycles. The first kappa shape index (κ1) is 18.7. The Kier molecular flexibility index (Phi) is 5.31. The van der Waals surface area contributed by atoms with Crippen molar-refractivity contribution in [1.29, 1.82) is 0 Å². The number of fused-ring (bicyclic) bond motifs is 1. The van der Waals surface area contributed by atoms with Crippen LogP contribution in [0.4, 0.5) is 5.69 Å². The number of rotatable bonds is 5. The van der Waals surface area contributed by atoms with Gasteiger partial charge in [-0.1, -0.05) is 19.9 Å². The van der Waals surface area contributed by atoms with Gasteiger partial charge in [-0.3, -0.25) is 0 Å². The molecule has 0 unspecified atom stereocenters. The first-order valence-corrected chi connectivity index (χ1v) is 8.88. The molecule has 0 spiro atoms. The van der Waals surface area contributed by atoms with Crippen LogP contribution in [0.1, 0.15) is 46.8 Å². The predicted molar refractivity (Wildman–Crippen MR) is 106 cm³/mol. The molecule has 1 aromatic heterocycles. The molecule has 0 aliphatic heterocycles. The average Bonchev–Trinajstić information content (AvgIpc) is 2.64. The first-order chi connectivity index (χ1) is 12.9. The van der Waals surface area contributed by atoms with E-state index < -0.39 is 0 Å². The fourth-order valence-corrected chi connectivity index (χ4v) is 3.23. The molecule has 0 saturated heterocycles. The van der Waals surface area contributed by atoms with E-state index in [-0.39, 0.29) is 11.6 Å². The summed E-state index contributed by atoms with van der Waals surface area (Å²) in [5.74, 6) is -0.0135. The van der Waals surface area contributed by atoms with Gasteiger partial charge in [0.1, 0.15) is 5.58 Å². The van der Waals surface area contributed by atoms with E-state index in [1.54, 1.807) is 18.2 Å². The molecule has 0 aliphatic rings. The summed E-state index contributed by atoms with van der Waals surface area (Å²) in [6.07, 6.45) is 0. The molecule has 1 heterocycles. The fraction of sp³-hybridized carbons (Fsp3) is 0.273. The normalized spacial score (nSPS) is 11.0. The molecule has 1 N–H and O–H groups in total. The number of esters is 1. The Hall–Kier alpha value is -3.08. The van der Waals surface area contributed by atoms with Crippen molar-refractivity contribution in [1.82, 2.24) is 0 Å². The topological polar surface area (TPSA) is 68.5 Å². The van der Waals surface area contributed by atoms with Gasteiger partial charge in [0.05, 0.1) is 12.7 Å². The van der Waals surface area contributed by atoms with Crippen molar-refractivity contribution in [3.63, 3.8) is 0 Å². The summed E-state index contributed by atoms with van der Waals surface area (Å²) in [7, 11) is 1.35. The maximum Gasteiger partial charge on any atom is 0.337 e. The quantitative estimate of drug-likeness (QED) is 0.528. The second-order valence-corrected chi connectivity index (χ2v) is 6.88. The zero-order valence-electron chi connectivity index (χ0n) is 16.0. The van der Waals surface area contributed by atoms with Crippen LogP contribution in [0.25, 0.3) is 11.0 Å². The minimum atomic E-state index is -0.387. The van der Waals surface area contributed by atoms with Gasteiger partial charge in [0.2, 0.25) is 0 Å². The summed E-state index contributed by atoms with van der Waals surface area (Å²) < 4.78 is 10.1. The molecule has 140 valence electrons. The zero-order valence-corrected chi connectivity index (χ0v) is 16.0. The standard InChI is InChI=1S/C22H23NO4/c1-13(2)18-11-19-16(10-21(24)27-20(19)8-14(18)3)12-23-17-7-5-6-15(9-17)22(25)26-4/h5-11,13,23H,12H2,1-4H3. The second kappa shape index (κ2) is 7.66. The van der Waals surface area contributed by atoms with Crippen LogP contribution < -0.4 is 10.9 Å². The summed E-state index contributed by atoms with van der Waals surface area (Å²) in [4.78, 5) is 23.7. The number of carbonyl (C=O) groups is 1. The molecular weight excluding hydrogens is 342 g/mol. The first-order valence-electron chi connectivity index (χ1n) is 8.88. The van der Waals surface area contributed by atoms with Gasteiger partial charge in [0, 0.05) is 23.7 Å². The minimum absolute atomic E-state index is 0.374. The maximum absolute atomic E-state index is 12.0. The number of hydrogen-bond donors (Lipinski definition) is 1. The van der Waals surface area contributed by atoms with Gasteiger partial charge in [0.15, 0.2) is 0 Å². The number of ether oxygens (including phenoxy) is 1. The lowest BCUT2D eigenvalue weighted by molar-refractivity contribution is 0.0601. The van der Waals surface area contributed by atoms with Gasteiger partial charge < -0.3 is 14.5 Å². The Bertz CT molecular complexity index is 1050. The van der Waals surface area contributed by atoms with Crippen molar-refractivity contribution in [2.75, 3.05) is 12.4 Å². The van der Waals surface area contributed by atoms with Crippen LogP contribution >= 0.6 is 0 Å². The highest BCUT2D eigenvalue weighted by molar-refractivity contribution is 5.90. The Balaban J connectivity index is 1.96. The monoisotopic (exact) mass is 365 g/mol. The molecular formula is C22H23NO4. The molecule has 5 heteroatoms. The highest BCUT2D eigenvalue weighted by Crippen LogP contribution is 2.27. The molecule has 5 nitrogen and oxygen atoms in total. The van der Waals surface area contributed by atoms with Crippen molar-refractivity contribution in [3.8, 4) is 0 Å². The van der Waals surface area contributed by atoms with E-state index in [2.05, 4.69) is 25.2 Å². The SMILES string of the molecule is COC(=O)c1cccc(NCc2cc(=O)oc3cc(C)c(C(C)C)cc23)c1. The highest BCUT2D eigenvalue weighted by atomic mass is 16.5. The Morgan fingerprint density at radius 3 is 2.67 bits per heavy atom. The van der Waals surface area contributed by atoms with Gasteiger partial charge in [0.25, 0.3) is 0 Å². The van der Waals surface area contributed by atoms with Crippen molar-refractivity contribution in [2.24, 2.45) is 0 Å². The van der Waals surface area contributed by atoms with Gasteiger partial charge in [-0.2, -0.15) is 0 Å². The second-order valence-electron chi connectivity index (χ2n) is 6.88. The number of benzene rings is 2. The number of methoxy groups -OCH3 is 1. The number of carbonyl (C=O) groups excluding carboxylic acids is 1. The number of aryl methyl sites for hydroxylation is 1. The van der Waals surface area contributed by atoms with Gasteiger partial charge in [-0.15, -0.1) is 0 Å². The van der Waals surface area contributed by atoms with Gasteiger partial charge >= 0.3 is 11.6 Å². The Labute approximate surface area is 158 Å². The summed E-state index contributed by atoms with van der Waals surface area (Å²) in [6, 6.07) is 12.6. The molecule has 0 fully saturated rings. The molecule has 0 saturated carbocycles. The lowest BCUT2D eigenvalue weighted by Crippen LogP contribution is -2.07. The third-order valence-corrected chi connectivity index (χ3v) is 4.61. The van der Waals surface area contributed by atoms with Crippen LogP contribution in [-0.2, 0) is 11.3 Å². The third kappa shape index (κ3) is 4.03. The van der Waals surface area contributed by atoms with Crippen LogP contribution in [0.15, 0.2) is 51.7 Å². The largest absolute Gasteiger partial charge is 0.465 e. The summed E-state index contributed by atoms with van der Waals surface area (Å²) >= 11 is 0. The van der Waals surface area contributed by atoms with E-state index in [9.17, 15) is 9.59 Å². The molecule has 0 bridgehead atoms. The van der Waals surface area contributed by atoms with Crippen LogP contribution in [0.3, 0.4) is 0 Å². The van der Waals surface area contributed by atoms with Gasteiger partial charge in [-0.25, -0.2) is 9.59 Å². The zero-order chi connectivity index (χ0) is 19.6. The van der Waals surface area contributed by atoms with Crippen LogP contribution in [0, 0.1) is 6.92 Å². The molecule has 27 heavy (non-hydrogen) atoms. The van der Waals surface area contributed by atoms with Gasteiger partial charge in [-0.05, 0) is 59.9 Å². The molecule has 3 rings (SSSR count). The van der Waals surface area contributed by atoms with Crippen molar-refractivity contribution < 1.29 is 13.9 Å². The fourth-order valence-electron chi connectivity index (χ4n) is 3.23. The molecule has 0 atom stereocenters. The lowest BCUT2D eigenvalue weighted by Gasteiger charge is -2.14. The molecule has 3 aromatic rings. The average molecular weight is 365 g/mol. The minimum Gasteiger partial charge on any atom is -0.465 e. The van der Waals surface area contributed by atoms with E-state index >= 15 is 0 Å². The molecule has 2 aromatic carbocycles. The van der Waals surface area contributed by atoms with Crippen molar-refractivity contribution in [3.05, 3.63) is 75.1 Å². The number of anilines is 1. The van der Waals surface area contributed by atoms with Crippen LogP contribution in [0.2, 0.25) is 0 Å².